The van der Waals surface area contributed by atoms with Crippen LogP contribution in [0.1, 0.15) is 76.2 Å². The summed E-state index contributed by atoms with van der Waals surface area (Å²) in [6.07, 6.45) is 11.2. The molecule has 0 aromatic heterocycles. The van der Waals surface area contributed by atoms with Crippen LogP contribution in [0.3, 0.4) is 0 Å². The maximum atomic E-state index is 14.8. The molecule has 2 fully saturated rings. The molecule has 0 aliphatic heterocycles. The van der Waals surface area contributed by atoms with Gasteiger partial charge in [-0.2, -0.15) is 0 Å². The summed E-state index contributed by atoms with van der Waals surface area (Å²) >= 11 is 0. The first-order valence-corrected chi connectivity index (χ1v) is 11.4. The van der Waals surface area contributed by atoms with Gasteiger partial charge in [0, 0.05) is 5.56 Å². The Morgan fingerprint density at radius 3 is 1.97 bits per heavy atom. The number of halogens is 4. The predicted octanol–water partition coefficient (Wildman–Crippen LogP) is 8.40. The van der Waals surface area contributed by atoms with E-state index in [0.29, 0.717) is 5.92 Å². The van der Waals surface area contributed by atoms with Crippen LogP contribution in [-0.4, -0.2) is 0 Å². The predicted molar refractivity (Wildman–Crippen MR) is 112 cm³/mol. The Hall–Kier alpha value is -1.84. The van der Waals surface area contributed by atoms with E-state index in [-0.39, 0.29) is 11.1 Å². The molecule has 0 radical (unpaired) electrons. The van der Waals surface area contributed by atoms with Crippen molar-refractivity contribution in [1.29, 1.82) is 0 Å². The molecule has 2 aromatic rings. The van der Waals surface area contributed by atoms with Gasteiger partial charge < -0.3 is 0 Å². The molecule has 4 rings (SSSR count). The molecule has 0 nitrogen and oxygen atoms in total. The minimum atomic E-state index is -1.53. The van der Waals surface area contributed by atoms with E-state index in [2.05, 4.69) is 6.92 Å². The van der Waals surface area contributed by atoms with Gasteiger partial charge in [-0.1, -0.05) is 44.7 Å². The van der Waals surface area contributed by atoms with Gasteiger partial charge in [0.1, 0.15) is 5.82 Å². The van der Waals surface area contributed by atoms with E-state index in [1.165, 1.54) is 51.0 Å². The summed E-state index contributed by atoms with van der Waals surface area (Å²) < 4.78 is 55.1. The summed E-state index contributed by atoms with van der Waals surface area (Å²) in [5.41, 5.74) is 1.07. The largest absolute Gasteiger partial charge is 0.206 e. The molecule has 0 heterocycles. The van der Waals surface area contributed by atoms with Crippen molar-refractivity contribution >= 4 is 0 Å². The van der Waals surface area contributed by atoms with Crippen LogP contribution in [0.2, 0.25) is 0 Å². The number of benzene rings is 2. The Kier molecular flexibility index (Phi) is 6.50. The van der Waals surface area contributed by atoms with Crippen LogP contribution in [0.5, 0.6) is 0 Å². The van der Waals surface area contributed by atoms with Crippen molar-refractivity contribution in [3.63, 3.8) is 0 Å². The van der Waals surface area contributed by atoms with Crippen molar-refractivity contribution in [1.82, 2.24) is 0 Å². The fourth-order valence-electron chi connectivity index (χ4n) is 5.62. The fraction of sp³-hybridized carbons (Fsp3) is 0.538. The van der Waals surface area contributed by atoms with Crippen LogP contribution < -0.4 is 0 Å². The minimum absolute atomic E-state index is 0.0166. The van der Waals surface area contributed by atoms with Crippen LogP contribution in [0.25, 0.3) is 11.1 Å². The molecule has 2 unspecified atom stereocenters. The zero-order valence-electron chi connectivity index (χ0n) is 17.6. The monoisotopic (exact) mass is 418 g/mol. The van der Waals surface area contributed by atoms with E-state index in [1.807, 2.05) is 6.07 Å². The van der Waals surface area contributed by atoms with E-state index in [0.717, 1.165) is 48.3 Å². The summed E-state index contributed by atoms with van der Waals surface area (Å²) in [5.74, 6) is -1.83. The Labute approximate surface area is 176 Å². The van der Waals surface area contributed by atoms with Crippen LogP contribution in [-0.2, 0) is 0 Å². The average molecular weight is 419 g/mol. The summed E-state index contributed by atoms with van der Waals surface area (Å²) in [7, 11) is 0. The second-order valence-corrected chi connectivity index (χ2v) is 9.48. The van der Waals surface area contributed by atoms with E-state index in [9.17, 15) is 17.6 Å². The van der Waals surface area contributed by atoms with Gasteiger partial charge in [-0.05, 0) is 85.1 Å². The van der Waals surface area contributed by atoms with E-state index >= 15 is 0 Å². The third-order valence-corrected chi connectivity index (χ3v) is 7.50. The lowest BCUT2D eigenvalue weighted by molar-refractivity contribution is 0.196. The molecule has 0 N–H and O–H groups in total. The molecular formula is C26H30F4. The Bertz CT molecular complexity index is 860. The van der Waals surface area contributed by atoms with E-state index < -0.39 is 23.3 Å². The van der Waals surface area contributed by atoms with E-state index in [4.69, 9.17) is 0 Å². The van der Waals surface area contributed by atoms with Gasteiger partial charge in [0.2, 0.25) is 0 Å². The molecule has 0 bridgehead atoms. The maximum Gasteiger partial charge on any atom is 0.194 e. The standard InChI is InChI=1S/C26H30F4/c1-16-5-7-19(8-6-16)17-3-2-4-18(10-9-17)20-11-12-22(23(27)13-20)21-14-24(28)26(30)25(29)15-21/h11-19H,2-10H2,1H3. The molecular weight excluding hydrogens is 388 g/mol. The molecule has 2 aliphatic rings. The molecule has 30 heavy (non-hydrogen) atoms. The third kappa shape index (κ3) is 4.58. The first kappa shape index (κ1) is 21.4. The maximum absolute atomic E-state index is 14.8. The molecule has 0 saturated heterocycles. The number of hydrogen-bond acceptors (Lipinski definition) is 0. The third-order valence-electron chi connectivity index (χ3n) is 7.50. The molecule has 162 valence electrons. The van der Waals surface area contributed by atoms with Gasteiger partial charge >= 0.3 is 0 Å². The van der Waals surface area contributed by atoms with Gasteiger partial charge in [0.05, 0.1) is 0 Å². The zero-order chi connectivity index (χ0) is 21.3. The smallest absolute Gasteiger partial charge is 0.194 e. The highest BCUT2D eigenvalue weighted by Gasteiger charge is 2.29. The average Bonchev–Trinajstić information content (AvgIpc) is 2.98. The van der Waals surface area contributed by atoms with Crippen LogP contribution in [0.15, 0.2) is 30.3 Å². The van der Waals surface area contributed by atoms with Gasteiger partial charge in [-0.15, -0.1) is 0 Å². The summed E-state index contributed by atoms with van der Waals surface area (Å²) in [5, 5.41) is 0. The van der Waals surface area contributed by atoms with Crippen molar-refractivity contribution in [3.8, 4) is 11.1 Å². The minimum Gasteiger partial charge on any atom is -0.206 e. The Morgan fingerprint density at radius 2 is 1.30 bits per heavy atom. The number of rotatable bonds is 3. The first-order chi connectivity index (χ1) is 14.4. The number of hydrogen-bond donors (Lipinski definition) is 0. The normalized spacial score (nSPS) is 27.6. The molecule has 4 heteroatoms. The van der Waals surface area contributed by atoms with Gasteiger partial charge in [0.25, 0.3) is 0 Å². The van der Waals surface area contributed by atoms with Gasteiger partial charge in [-0.25, -0.2) is 17.6 Å². The van der Waals surface area contributed by atoms with Crippen molar-refractivity contribution in [2.45, 2.75) is 70.6 Å². The van der Waals surface area contributed by atoms with Gasteiger partial charge in [0.15, 0.2) is 17.5 Å². The first-order valence-electron chi connectivity index (χ1n) is 11.4. The molecule has 2 saturated carbocycles. The van der Waals surface area contributed by atoms with Crippen molar-refractivity contribution in [2.75, 3.05) is 0 Å². The topological polar surface area (TPSA) is 0 Å². The SMILES string of the molecule is CC1CCC(C2CCCC(c3ccc(-c4cc(F)c(F)c(F)c4)c(F)c3)CC2)CC1. The van der Waals surface area contributed by atoms with Crippen LogP contribution in [0, 0.1) is 41.0 Å². The van der Waals surface area contributed by atoms with Crippen molar-refractivity contribution < 1.29 is 17.6 Å². The fourth-order valence-corrected chi connectivity index (χ4v) is 5.62. The molecule has 2 aliphatic carbocycles. The summed E-state index contributed by atoms with van der Waals surface area (Å²) in [6.45, 7) is 2.35. The lowest BCUT2D eigenvalue weighted by atomic mass is 9.74. The Balaban J connectivity index is 1.47. The van der Waals surface area contributed by atoms with Crippen molar-refractivity contribution in [2.24, 2.45) is 17.8 Å². The summed E-state index contributed by atoms with van der Waals surface area (Å²) in [4.78, 5) is 0. The lowest BCUT2D eigenvalue weighted by Gasteiger charge is -2.32. The van der Waals surface area contributed by atoms with E-state index in [1.54, 1.807) is 6.07 Å². The molecule has 2 atom stereocenters. The lowest BCUT2D eigenvalue weighted by Crippen LogP contribution is -2.20. The Morgan fingerprint density at radius 1 is 0.667 bits per heavy atom. The van der Waals surface area contributed by atoms with Gasteiger partial charge in [-0.3, -0.25) is 0 Å². The highest BCUT2D eigenvalue weighted by Crippen LogP contribution is 2.42. The quantitative estimate of drug-likeness (QED) is 0.267. The highest BCUT2D eigenvalue weighted by molar-refractivity contribution is 5.65. The second-order valence-electron chi connectivity index (χ2n) is 9.48. The summed E-state index contributed by atoms with van der Waals surface area (Å²) in [6, 6.07) is 6.63. The highest BCUT2D eigenvalue weighted by atomic mass is 19.2. The van der Waals surface area contributed by atoms with Crippen LogP contribution >= 0.6 is 0 Å². The second kappa shape index (κ2) is 9.11. The zero-order valence-corrected chi connectivity index (χ0v) is 17.6. The molecule has 2 aromatic carbocycles. The van der Waals surface area contributed by atoms with Crippen molar-refractivity contribution in [3.05, 3.63) is 59.2 Å². The molecule has 0 spiro atoms. The molecule has 0 amide bonds. The van der Waals surface area contributed by atoms with Crippen LogP contribution in [0.4, 0.5) is 17.6 Å².